The van der Waals surface area contributed by atoms with Gasteiger partial charge in [0.1, 0.15) is 0 Å². The third kappa shape index (κ3) is 3.30. The number of hydrogen-bond donors (Lipinski definition) is 2. The van der Waals surface area contributed by atoms with Crippen molar-refractivity contribution in [1.29, 1.82) is 0 Å². The zero-order valence-electron chi connectivity index (χ0n) is 10.3. The van der Waals surface area contributed by atoms with Crippen LogP contribution < -0.4 is 5.73 Å². The highest BCUT2D eigenvalue weighted by Crippen LogP contribution is 2.33. The minimum absolute atomic E-state index is 0.128. The molecule has 0 saturated heterocycles. The molecule has 0 aromatic heterocycles. The minimum atomic E-state index is 0.128. The molecule has 3 nitrogen and oxygen atoms in total. The fourth-order valence-corrected chi connectivity index (χ4v) is 2.95. The molecule has 2 aromatic rings. The van der Waals surface area contributed by atoms with Crippen LogP contribution in [0.4, 0.5) is 0 Å². The fourth-order valence-electron chi connectivity index (χ4n) is 1.66. The standard InChI is InChI=1S/C14H13BrN2OS/c1-9-3-2-4-12(14(16)17-18)13(9)19-11-7-5-10(15)6-8-11/h2-8,18H,1H3,(H2,16,17). The van der Waals surface area contributed by atoms with Crippen LogP contribution in [-0.4, -0.2) is 11.0 Å². The molecular weight excluding hydrogens is 324 g/mol. The first kappa shape index (κ1) is 14.0. The van der Waals surface area contributed by atoms with Crippen LogP contribution in [0.15, 0.2) is 61.9 Å². The molecule has 0 aliphatic heterocycles. The molecular formula is C14H13BrN2OS. The van der Waals surface area contributed by atoms with Crippen molar-refractivity contribution in [1.82, 2.24) is 0 Å². The van der Waals surface area contributed by atoms with E-state index in [0.29, 0.717) is 0 Å². The summed E-state index contributed by atoms with van der Waals surface area (Å²) in [5, 5.41) is 11.9. The molecule has 0 unspecified atom stereocenters. The van der Waals surface area contributed by atoms with E-state index in [4.69, 9.17) is 10.9 Å². The predicted molar refractivity (Wildman–Crippen MR) is 82.0 cm³/mol. The SMILES string of the molecule is Cc1cccc(/C(N)=N/O)c1Sc1ccc(Br)cc1. The normalized spacial score (nSPS) is 11.6. The predicted octanol–water partition coefficient (Wildman–Crippen LogP) is 4.00. The molecule has 0 aliphatic rings. The van der Waals surface area contributed by atoms with Crippen LogP contribution in [0, 0.1) is 6.92 Å². The summed E-state index contributed by atoms with van der Waals surface area (Å²) in [7, 11) is 0. The Morgan fingerprint density at radius 2 is 1.89 bits per heavy atom. The highest BCUT2D eigenvalue weighted by Gasteiger charge is 2.11. The molecule has 0 atom stereocenters. The van der Waals surface area contributed by atoms with Crippen molar-refractivity contribution in [3.05, 3.63) is 58.1 Å². The van der Waals surface area contributed by atoms with Crippen molar-refractivity contribution >= 4 is 33.5 Å². The lowest BCUT2D eigenvalue weighted by Gasteiger charge is -2.11. The van der Waals surface area contributed by atoms with E-state index in [0.717, 1.165) is 25.4 Å². The highest BCUT2D eigenvalue weighted by molar-refractivity contribution is 9.10. The van der Waals surface area contributed by atoms with Crippen LogP contribution in [-0.2, 0) is 0 Å². The van der Waals surface area contributed by atoms with E-state index in [1.54, 1.807) is 11.8 Å². The Hall–Kier alpha value is -1.46. The molecule has 3 N–H and O–H groups in total. The second-order valence-corrected chi connectivity index (χ2v) is 5.99. The van der Waals surface area contributed by atoms with Gasteiger partial charge < -0.3 is 10.9 Å². The quantitative estimate of drug-likeness (QED) is 0.385. The monoisotopic (exact) mass is 336 g/mol. The van der Waals surface area contributed by atoms with Gasteiger partial charge in [-0.15, -0.1) is 0 Å². The lowest BCUT2D eigenvalue weighted by atomic mass is 10.1. The van der Waals surface area contributed by atoms with Gasteiger partial charge in [0.25, 0.3) is 0 Å². The number of amidine groups is 1. The number of nitrogens with two attached hydrogens (primary N) is 1. The first-order valence-electron chi connectivity index (χ1n) is 5.62. The molecule has 0 saturated carbocycles. The maximum atomic E-state index is 8.85. The van der Waals surface area contributed by atoms with Gasteiger partial charge in [-0.2, -0.15) is 0 Å². The smallest absolute Gasteiger partial charge is 0.171 e. The van der Waals surface area contributed by atoms with Crippen LogP contribution >= 0.6 is 27.7 Å². The average Bonchev–Trinajstić information content (AvgIpc) is 2.42. The molecule has 0 heterocycles. The molecule has 0 aliphatic carbocycles. The van der Waals surface area contributed by atoms with Gasteiger partial charge in [0.05, 0.1) is 0 Å². The summed E-state index contributed by atoms with van der Waals surface area (Å²) in [5.74, 6) is 0.128. The Labute approximate surface area is 124 Å². The lowest BCUT2D eigenvalue weighted by Crippen LogP contribution is -2.14. The van der Waals surface area contributed by atoms with Crippen molar-refractivity contribution in [2.45, 2.75) is 16.7 Å². The number of nitrogens with zero attached hydrogens (tertiary/aromatic N) is 1. The van der Waals surface area contributed by atoms with Gasteiger partial charge in [0, 0.05) is 19.8 Å². The topological polar surface area (TPSA) is 58.6 Å². The minimum Gasteiger partial charge on any atom is -0.409 e. The first-order chi connectivity index (χ1) is 9.11. The summed E-state index contributed by atoms with van der Waals surface area (Å²) in [6.07, 6.45) is 0. The number of aryl methyl sites for hydroxylation is 1. The van der Waals surface area contributed by atoms with Gasteiger partial charge in [0.15, 0.2) is 5.84 Å². The Morgan fingerprint density at radius 1 is 1.21 bits per heavy atom. The van der Waals surface area contributed by atoms with Gasteiger partial charge >= 0.3 is 0 Å². The van der Waals surface area contributed by atoms with E-state index in [1.807, 2.05) is 49.4 Å². The molecule has 0 amide bonds. The zero-order chi connectivity index (χ0) is 13.8. The highest BCUT2D eigenvalue weighted by atomic mass is 79.9. The van der Waals surface area contributed by atoms with Crippen molar-refractivity contribution in [3.8, 4) is 0 Å². The summed E-state index contributed by atoms with van der Waals surface area (Å²) in [6.45, 7) is 2.01. The van der Waals surface area contributed by atoms with Crippen LogP contribution in [0.2, 0.25) is 0 Å². The lowest BCUT2D eigenvalue weighted by molar-refractivity contribution is 0.318. The van der Waals surface area contributed by atoms with E-state index in [-0.39, 0.29) is 5.84 Å². The summed E-state index contributed by atoms with van der Waals surface area (Å²) in [5.41, 5.74) is 7.56. The molecule has 2 rings (SSSR count). The van der Waals surface area contributed by atoms with Gasteiger partial charge in [-0.25, -0.2) is 0 Å². The number of rotatable bonds is 3. The summed E-state index contributed by atoms with van der Waals surface area (Å²) >= 11 is 5.01. The van der Waals surface area contributed by atoms with Crippen molar-refractivity contribution in [2.24, 2.45) is 10.9 Å². The maximum Gasteiger partial charge on any atom is 0.171 e. The Balaban J connectivity index is 2.41. The molecule has 5 heteroatoms. The van der Waals surface area contributed by atoms with Gasteiger partial charge in [-0.3, -0.25) is 0 Å². The van der Waals surface area contributed by atoms with Crippen LogP contribution in [0.25, 0.3) is 0 Å². The van der Waals surface area contributed by atoms with E-state index in [1.165, 1.54) is 0 Å². The van der Waals surface area contributed by atoms with Crippen molar-refractivity contribution in [2.75, 3.05) is 0 Å². The summed E-state index contributed by atoms with van der Waals surface area (Å²) in [4.78, 5) is 2.10. The maximum absolute atomic E-state index is 8.85. The number of oxime groups is 1. The molecule has 2 aromatic carbocycles. The summed E-state index contributed by atoms with van der Waals surface area (Å²) in [6, 6.07) is 13.8. The van der Waals surface area contributed by atoms with E-state index in [2.05, 4.69) is 21.1 Å². The second kappa shape index (κ2) is 6.12. The van der Waals surface area contributed by atoms with Crippen LogP contribution in [0.1, 0.15) is 11.1 Å². The number of benzene rings is 2. The van der Waals surface area contributed by atoms with E-state index in [9.17, 15) is 0 Å². The van der Waals surface area contributed by atoms with Gasteiger partial charge in [-0.1, -0.05) is 45.0 Å². The molecule has 19 heavy (non-hydrogen) atoms. The van der Waals surface area contributed by atoms with Crippen molar-refractivity contribution < 1.29 is 5.21 Å². The van der Waals surface area contributed by atoms with Crippen LogP contribution in [0.3, 0.4) is 0 Å². The van der Waals surface area contributed by atoms with Gasteiger partial charge in [0.2, 0.25) is 0 Å². The number of halogens is 1. The first-order valence-corrected chi connectivity index (χ1v) is 7.23. The molecule has 0 bridgehead atoms. The zero-order valence-corrected chi connectivity index (χ0v) is 12.7. The second-order valence-electron chi connectivity index (χ2n) is 3.99. The number of hydrogen-bond acceptors (Lipinski definition) is 3. The molecule has 0 spiro atoms. The van der Waals surface area contributed by atoms with Crippen LogP contribution in [0.5, 0.6) is 0 Å². The molecule has 0 radical (unpaired) electrons. The molecule has 0 fully saturated rings. The van der Waals surface area contributed by atoms with Crippen molar-refractivity contribution in [3.63, 3.8) is 0 Å². The summed E-state index contributed by atoms with van der Waals surface area (Å²) < 4.78 is 1.04. The third-order valence-corrected chi connectivity index (χ3v) is 4.41. The Kier molecular flexibility index (Phi) is 4.50. The van der Waals surface area contributed by atoms with E-state index >= 15 is 0 Å². The largest absolute Gasteiger partial charge is 0.409 e. The average molecular weight is 337 g/mol. The van der Waals surface area contributed by atoms with Gasteiger partial charge in [-0.05, 0) is 42.8 Å². The Morgan fingerprint density at radius 3 is 2.53 bits per heavy atom. The third-order valence-electron chi connectivity index (χ3n) is 2.63. The van der Waals surface area contributed by atoms with E-state index < -0.39 is 0 Å². The molecule has 98 valence electrons. The fraction of sp³-hybridized carbons (Fsp3) is 0.0714. The Bertz CT molecular complexity index is 611.